The Labute approximate surface area is 102 Å². The molecule has 3 N–H and O–H groups in total. The maximum atomic E-state index is 5.79. The zero-order valence-electron chi connectivity index (χ0n) is 10.3. The zero-order valence-corrected chi connectivity index (χ0v) is 11.1. The summed E-state index contributed by atoms with van der Waals surface area (Å²) in [6.45, 7) is 4.54. The molecule has 0 aromatic carbocycles. The first-order chi connectivity index (χ1) is 7.65. The van der Waals surface area contributed by atoms with Gasteiger partial charge in [-0.25, -0.2) is 0 Å². The lowest BCUT2D eigenvalue weighted by Crippen LogP contribution is -2.40. The van der Waals surface area contributed by atoms with Crippen LogP contribution in [-0.4, -0.2) is 0 Å². The molecule has 3 heteroatoms. The van der Waals surface area contributed by atoms with Crippen molar-refractivity contribution in [1.29, 1.82) is 0 Å². The second-order valence-electron chi connectivity index (χ2n) is 5.26. The van der Waals surface area contributed by atoms with E-state index < -0.39 is 0 Å². The Balaban J connectivity index is 2.20. The Morgan fingerprint density at radius 1 is 1.31 bits per heavy atom. The van der Waals surface area contributed by atoms with Crippen molar-refractivity contribution in [3.05, 3.63) is 21.9 Å². The molecule has 1 unspecified atom stereocenters. The highest BCUT2D eigenvalue weighted by Crippen LogP contribution is 2.46. The Bertz CT molecular complexity index is 339. The van der Waals surface area contributed by atoms with Gasteiger partial charge in [-0.1, -0.05) is 26.2 Å². The molecule has 1 aliphatic carbocycles. The maximum Gasteiger partial charge on any atom is 0.0606 e. The normalized spacial score (nSPS) is 21.9. The monoisotopic (exact) mass is 238 g/mol. The van der Waals surface area contributed by atoms with Crippen LogP contribution in [0.1, 0.15) is 54.8 Å². The van der Waals surface area contributed by atoms with Gasteiger partial charge in [0.15, 0.2) is 0 Å². The third-order valence-electron chi connectivity index (χ3n) is 3.91. The van der Waals surface area contributed by atoms with Crippen molar-refractivity contribution in [2.24, 2.45) is 11.3 Å². The average molecular weight is 238 g/mol. The van der Waals surface area contributed by atoms with Gasteiger partial charge in [0, 0.05) is 9.75 Å². The van der Waals surface area contributed by atoms with Crippen LogP contribution in [0.3, 0.4) is 0 Å². The van der Waals surface area contributed by atoms with Crippen molar-refractivity contribution in [3.8, 4) is 0 Å². The third-order valence-corrected chi connectivity index (χ3v) is 4.97. The van der Waals surface area contributed by atoms with Crippen LogP contribution in [0.4, 0.5) is 0 Å². The molecule has 0 bridgehead atoms. The Kier molecular flexibility index (Phi) is 3.67. The Morgan fingerprint density at radius 2 is 2.00 bits per heavy atom. The summed E-state index contributed by atoms with van der Waals surface area (Å²) in [5.74, 6) is 5.79. The molecule has 1 aromatic heterocycles. The molecule has 2 rings (SSSR count). The minimum absolute atomic E-state index is 0.325. The molecule has 16 heavy (non-hydrogen) atoms. The second-order valence-corrected chi connectivity index (χ2v) is 6.58. The van der Waals surface area contributed by atoms with Gasteiger partial charge < -0.3 is 0 Å². The van der Waals surface area contributed by atoms with E-state index >= 15 is 0 Å². The number of hydrazine groups is 1. The first kappa shape index (κ1) is 12.1. The number of thiophene rings is 1. The molecule has 0 spiro atoms. The number of aryl methyl sites for hydroxylation is 1. The molecule has 1 aliphatic rings. The number of nitrogens with two attached hydrogens (primary N) is 1. The summed E-state index contributed by atoms with van der Waals surface area (Å²) in [5, 5.41) is 0. The van der Waals surface area contributed by atoms with Gasteiger partial charge in [-0.05, 0) is 37.3 Å². The number of rotatable bonds is 3. The lowest BCUT2D eigenvalue weighted by molar-refractivity contribution is 0.147. The van der Waals surface area contributed by atoms with Gasteiger partial charge in [-0.15, -0.1) is 11.3 Å². The van der Waals surface area contributed by atoms with Crippen molar-refractivity contribution < 1.29 is 0 Å². The molecule has 1 atom stereocenters. The van der Waals surface area contributed by atoms with Crippen molar-refractivity contribution in [2.75, 3.05) is 0 Å². The topological polar surface area (TPSA) is 38.0 Å². The average Bonchev–Trinajstić information content (AvgIpc) is 2.66. The molecular weight excluding hydrogens is 216 g/mol. The molecule has 2 nitrogen and oxygen atoms in total. The van der Waals surface area contributed by atoms with Crippen molar-refractivity contribution in [3.63, 3.8) is 0 Å². The highest BCUT2D eigenvalue weighted by Gasteiger charge is 2.36. The van der Waals surface area contributed by atoms with Gasteiger partial charge >= 0.3 is 0 Å². The maximum absolute atomic E-state index is 5.79. The van der Waals surface area contributed by atoms with Gasteiger partial charge in [0.05, 0.1) is 6.04 Å². The molecule has 0 aliphatic heterocycles. The molecule has 1 fully saturated rings. The van der Waals surface area contributed by atoms with Crippen LogP contribution >= 0.6 is 11.3 Å². The molecule has 0 radical (unpaired) electrons. The predicted octanol–water partition coefficient (Wildman–Crippen LogP) is 3.53. The molecular formula is C13H22N2S. The summed E-state index contributed by atoms with van der Waals surface area (Å²) in [6, 6.07) is 4.74. The van der Waals surface area contributed by atoms with E-state index in [4.69, 9.17) is 5.84 Å². The number of nitrogens with one attached hydrogen (secondary N) is 1. The summed E-state index contributed by atoms with van der Waals surface area (Å²) in [7, 11) is 0. The van der Waals surface area contributed by atoms with Crippen LogP contribution < -0.4 is 11.3 Å². The van der Waals surface area contributed by atoms with E-state index in [9.17, 15) is 0 Å². The van der Waals surface area contributed by atoms with Crippen molar-refractivity contribution >= 4 is 11.3 Å². The van der Waals surface area contributed by atoms with Gasteiger partial charge in [0.1, 0.15) is 0 Å². The largest absolute Gasteiger partial charge is 0.271 e. The van der Waals surface area contributed by atoms with E-state index in [-0.39, 0.29) is 0 Å². The van der Waals surface area contributed by atoms with Gasteiger partial charge in [0.2, 0.25) is 0 Å². The lowest BCUT2D eigenvalue weighted by Gasteiger charge is -2.40. The van der Waals surface area contributed by atoms with E-state index in [1.807, 2.05) is 11.3 Å². The smallest absolute Gasteiger partial charge is 0.0606 e. The van der Waals surface area contributed by atoms with E-state index in [0.29, 0.717) is 11.5 Å². The van der Waals surface area contributed by atoms with Gasteiger partial charge in [-0.2, -0.15) is 0 Å². The lowest BCUT2D eigenvalue weighted by atomic mass is 9.70. The fourth-order valence-electron chi connectivity index (χ4n) is 2.88. The van der Waals surface area contributed by atoms with Crippen LogP contribution in [0, 0.1) is 12.3 Å². The summed E-state index contributed by atoms with van der Waals surface area (Å²) >= 11 is 1.87. The summed E-state index contributed by atoms with van der Waals surface area (Å²) in [5.41, 5.74) is 3.39. The Morgan fingerprint density at radius 3 is 2.50 bits per heavy atom. The highest BCUT2D eigenvalue weighted by atomic mass is 32.1. The van der Waals surface area contributed by atoms with Crippen LogP contribution in [0.15, 0.2) is 12.1 Å². The third kappa shape index (κ3) is 2.31. The standard InChI is InChI=1S/C13H22N2S/c1-10-6-7-11(16-10)12(15-14)13(2)8-4-3-5-9-13/h6-7,12,15H,3-5,8-9,14H2,1-2H3. The second kappa shape index (κ2) is 4.86. The van der Waals surface area contributed by atoms with Crippen LogP contribution in [0.5, 0.6) is 0 Å². The van der Waals surface area contributed by atoms with Gasteiger partial charge in [0.25, 0.3) is 0 Å². The number of hydrogen-bond donors (Lipinski definition) is 2. The molecule has 1 saturated carbocycles. The summed E-state index contributed by atoms with van der Waals surface area (Å²) in [4.78, 5) is 2.76. The van der Waals surface area contributed by atoms with Crippen LogP contribution in [0.2, 0.25) is 0 Å². The van der Waals surface area contributed by atoms with Crippen LogP contribution in [0.25, 0.3) is 0 Å². The van der Waals surface area contributed by atoms with E-state index in [2.05, 4.69) is 31.4 Å². The predicted molar refractivity (Wildman–Crippen MR) is 70.3 cm³/mol. The van der Waals surface area contributed by atoms with Crippen molar-refractivity contribution in [2.45, 2.75) is 52.0 Å². The van der Waals surface area contributed by atoms with E-state index in [1.165, 1.54) is 41.9 Å². The van der Waals surface area contributed by atoms with Crippen molar-refractivity contribution in [1.82, 2.24) is 5.43 Å². The fourth-order valence-corrected chi connectivity index (χ4v) is 4.00. The first-order valence-electron chi connectivity index (χ1n) is 6.18. The van der Waals surface area contributed by atoms with Gasteiger partial charge in [-0.3, -0.25) is 11.3 Å². The SMILES string of the molecule is Cc1ccc(C(NN)C2(C)CCCCC2)s1. The van der Waals surface area contributed by atoms with E-state index in [1.54, 1.807) is 0 Å². The summed E-state index contributed by atoms with van der Waals surface area (Å²) < 4.78 is 0. The zero-order chi connectivity index (χ0) is 11.6. The quantitative estimate of drug-likeness (QED) is 0.624. The fraction of sp³-hybridized carbons (Fsp3) is 0.692. The first-order valence-corrected chi connectivity index (χ1v) is 7.00. The van der Waals surface area contributed by atoms with Crippen LogP contribution in [-0.2, 0) is 0 Å². The molecule has 1 heterocycles. The number of hydrogen-bond acceptors (Lipinski definition) is 3. The van der Waals surface area contributed by atoms with E-state index in [0.717, 1.165) is 0 Å². The Hall–Kier alpha value is -0.380. The summed E-state index contributed by atoms with van der Waals surface area (Å²) in [6.07, 6.45) is 6.66. The molecule has 1 aromatic rings. The molecule has 0 amide bonds. The highest BCUT2D eigenvalue weighted by molar-refractivity contribution is 7.12. The minimum atomic E-state index is 0.325. The molecule has 0 saturated heterocycles. The minimum Gasteiger partial charge on any atom is -0.271 e. The molecule has 90 valence electrons.